The number of anilines is 1. The second-order valence-corrected chi connectivity index (χ2v) is 4.75. The van der Waals surface area contributed by atoms with Crippen LogP contribution >= 0.6 is 0 Å². The zero-order valence-corrected chi connectivity index (χ0v) is 11.5. The fraction of sp³-hybridized carbons (Fsp3) is 0.375. The number of rotatable bonds is 5. The van der Waals surface area contributed by atoms with Crippen LogP contribution in [-0.4, -0.2) is 11.5 Å². The molecule has 2 aromatic rings. The van der Waals surface area contributed by atoms with Gasteiger partial charge in [-0.1, -0.05) is 44.9 Å². The van der Waals surface area contributed by atoms with Crippen molar-refractivity contribution in [1.82, 2.24) is 4.98 Å². The van der Waals surface area contributed by atoms with Gasteiger partial charge in [-0.05, 0) is 18.1 Å². The highest BCUT2D eigenvalue weighted by Gasteiger charge is 2.08. The zero-order valence-electron chi connectivity index (χ0n) is 11.5. The molecule has 0 aliphatic rings. The van der Waals surface area contributed by atoms with E-state index in [4.69, 9.17) is 0 Å². The van der Waals surface area contributed by atoms with Gasteiger partial charge in [-0.3, -0.25) is 0 Å². The molecule has 1 N–H and O–H groups in total. The molecule has 3 nitrogen and oxygen atoms in total. The molecule has 0 spiro atoms. The summed E-state index contributed by atoms with van der Waals surface area (Å²) in [6, 6.07) is 12.0. The van der Waals surface area contributed by atoms with Crippen molar-refractivity contribution in [3.05, 3.63) is 35.9 Å². The maximum Gasteiger partial charge on any atom is 0.144 e. The molecule has 0 aliphatic heterocycles. The summed E-state index contributed by atoms with van der Waals surface area (Å²) in [5, 5.41) is 13.6. The Morgan fingerprint density at radius 3 is 2.68 bits per heavy atom. The molecule has 0 atom stereocenters. The minimum absolute atomic E-state index is 0.615. The molecule has 2 rings (SSSR count). The van der Waals surface area contributed by atoms with Gasteiger partial charge in [-0.15, -0.1) is 0 Å². The monoisotopic (exact) mass is 253 g/mol. The van der Waals surface area contributed by atoms with Gasteiger partial charge in [0.1, 0.15) is 11.9 Å². The Hall–Kier alpha value is -2.08. The first-order chi connectivity index (χ1) is 9.28. The Kier molecular flexibility index (Phi) is 4.35. The third-order valence-corrected chi connectivity index (χ3v) is 3.56. The molecule has 98 valence electrons. The van der Waals surface area contributed by atoms with E-state index in [0.717, 1.165) is 30.3 Å². The van der Waals surface area contributed by atoms with Gasteiger partial charge in [0.25, 0.3) is 0 Å². The number of hydrogen-bond acceptors (Lipinski definition) is 3. The largest absolute Gasteiger partial charge is 0.369 e. The first-order valence-corrected chi connectivity index (χ1v) is 6.82. The maximum atomic E-state index is 9.23. The number of fused-ring (bicyclic) bond motifs is 1. The molecule has 0 radical (unpaired) electrons. The van der Waals surface area contributed by atoms with E-state index in [9.17, 15) is 5.26 Å². The highest BCUT2D eigenvalue weighted by Crippen LogP contribution is 2.20. The van der Waals surface area contributed by atoms with Gasteiger partial charge in [-0.2, -0.15) is 5.26 Å². The summed E-state index contributed by atoms with van der Waals surface area (Å²) >= 11 is 0. The predicted octanol–water partition coefficient (Wildman–Crippen LogP) is 3.95. The molecule has 0 amide bonds. The molecule has 19 heavy (non-hydrogen) atoms. The van der Waals surface area contributed by atoms with Crippen molar-refractivity contribution in [1.29, 1.82) is 5.26 Å². The fourth-order valence-electron chi connectivity index (χ4n) is 2.15. The van der Waals surface area contributed by atoms with Crippen LogP contribution in [0.3, 0.4) is 0 Å². The third kappa shape index (κ3) is 3.03. The van der Waals surface area contributed by atoms with Gasteiger partial charge in [0.2, 0.25) is 0 Å². The summed E-state index contributed by atoms with van der Waals surface area (Å²) in [5.41, 5.74) is 1.54. The Bertz CT molecular complexity index is 594. The highest BCUT2D eigenvalue weighted by atomic mass is 15.0. The quantitative estimate of drug-likeness (QED) is 0.877. The van der Waals surface area contributed by atoms with Crippen molar-refractivity contribution in [2.24, 2.45) is 5.92 Å². The molecule has 0 aliphatic carbocycles. The van der Waals surface area contributed by atoms with Crippen LogP contribution < -0.4 is 5.32 Å². The summed E-state index contributed by atoms with van der Waals surface area (Å²) in [6.07, 6.45) is 2.28. The lowest BCUT2D eigenvalue weighted by Crippen LogP contribution is -2.14. The number of nitrogens with one attached hydrogen (secondary N) is 1. The molecule has 1 aromatic heterocycles. The average Bonchev–Trinajstić information content (AvgIpc) is 2.47. The van der Waals surface area contributed by atoms with E-state index in [1.165, 1.54) is 0 Å². The van der Waals surface area contributed by atoms with Crippen molar-refractivity contribution >= 4 is 16.7 Å². The van der Waals surface area contributed by atoms with Crippen LogP contribution in [0.25, 0.3) is 10.9 Å². The Labute approximate surface area is 114 Å². The van der Waals surface area contributed by atoms with E-state index >= 15 is 0 Å². The van der Waals surface area contributed by atoms with Crippen LogP contribution in [0.1, 0.15) is 32.3 Å². The van der Waals surface area contributed by atoms with Crippen molar-refractivity contribution in [3.8, 4) is 6.07 Å². The van der Waals surface area contributed by atoms with Gasteiger partial charge in [0.05, 0.1) is 11.1 Å². The smallest absolute Gasteiger partial charge is 0.144 e. The second-order valence-electron chi connectivity index (χ2n) is 4.75. The normalized spacial score (nSPS) is 10.6. The molecule has 1 heterocycles. The van der Waals surface area contributed by atoms with E-state index in [-0.39, 0.29) is 0 Å². The summed E-state index contributed by atoms with van der Waals surface area (Å²) in [6.45, 7) is 5.25. The second kappa shape index (κ2) is 6.19. The number of para-hydroxylation sites is 1. The molecule has 0 fully saturated rings. The molecular formula is C16H19N3. The van der Waals surface area contributed by atoms with Gasteiger partial charge >= 0.3 is 0 Å². The number of benzene rings is 1. The Balaban J connectivity index is 2.29. The predicted molar refractivity (Wildman–Crippen MR) is 79.0 cm³/mol. The van der Waals surface area contributed by atoms with Gasteiger partial charge in [-0.25, -0.2) is 4.98 Å². The maximum absolute atomic E-state index is 9.23. The average molecular weight is 253 g/mol. The SMILES string of the molecule is CCC(CC)CNc1nc2ccccc2cc1C#N. The van der Waals surface area contributed by atoms with Crippen LogP contribution in [0.4, 0.5) is 5.82 Å². The number of nitrogens with zero attached hydrogens (tertiary/aromatic N) is 2. The number of aromatic nitrogens is 1. The van der Waals surface area contributed by atoms with E-state index in [2.05, 4.69) is 30.2 Å². The van der Waals surface area contributed by atoms with Crippen molar-refractivity contribution in [3.63, 3.8) is 0 Å². The van der Waals surface area contributed by atoms with Crippen LogP contribution in [0.2, 0.25) is 0 Å². The first kappa shape index (κ1) is 13.4. The lowest BCUT2D eigenvalue weighted by Gasteiger charge is -2.14. The number of hydrogen-bond donors (Lipinski definition) is 1. The van der Waals surface area contributed by atoms with Crippen molar-refractivity contribution < 1.29 is 0 Å². The molecule has 1 aromatic carbocycles. The highest BCUT2D eigenvalue weighted by molar-refractivity contribution is 5.82. The summed E-state index contributed by atoms with van der Waals surface area (Å²) < 4.78 is 0. The van der Waals surface area contributed by atoms with Gasteiger partial charge in [0.15, 0.2) is 0 Å². The Morgan fingerprint density at radius 2 is 2.00 bits per heavy atom. The van der Waals surface area contributed by atoms with Crippen LogP contribution in [0.15, 0.2) is 30.3 Å². The first-order valence-electron chi connectivity index (χ1n) is 6.82. The third-order valence-electron chi connectivity index (χ3n) is 3.56. The lowest BCUT2D eigenvalue weighted by molar-refractivity contribution is 0.518. The molecule has 0 saturated carbocycles. The van der Waals surface area contributed by atoms with Crippen LogP contribution in [-0.2, 0) is 0 Å². The fourth-order valence-corrected chi connectivity index (χ4v) is 2.15. The molecule has 0 unspecified atom stereocenters. The lowest BCUT2D eigenvalue weighted by atomic mass is 10.0. The van der Waals surface area contributed by atoms with E-state index < -0.39 is 0 Å². The standard InChI is InChI=1S/C16H19N3/c1-3-12(4-2)11-18-16-14(10-17)9-13-7-5-6-8-15(13)19-16/h5-9,12H,3-4,11H2,1-2H3,(H,18,19). The summed E-state index contributed by atoms with van der Waals surface area (Å²) in [7, 11) is 0. The van der Waals surface area contributed by atoms with Crippen molar-refractivity contribution in [2.45, 2.75) is 26.7 Å². The summed E-state index contributed by atoms with van der Waals surface area (Å²) in [5.74, 6) is 1.33. The molecule has 0 bridgehead atoms. The molecule has 3 heteroatoms. The van der Waals surface area contributed by atoms with E-state index in [1.54, 1.807) is 0 Å². The summed E-state index contributed by atoms with van der Waals surface area (Å²) in [4.78, 5) is 4.55. The van der Waals surface area contributed by atoms with Crippen LogP contribution in [0, 0.1) is 17.2 Å². The van der Waals surface area contributed by atoms with Crippen LogP contribution in [0.5, 0.6) is 0 Å². The zero-order chi connectivity index (χ0) is 13.7. The topological polar surface area (TPSA) is 48.7 Å². The Morgan fingerprint density at radius 1 is 1.26 bits per heavy atom. The van der Waals surface area contributed by atoms with Gasteiger partial charge in [0, 0.05) is 11.9 Å². The minimum Gasteiger partial charge on any atom is -0.369 e. The molecule has 0 saturated heterocycles. The van der Waals surface area contributed by atoms with E-state index in [1.807, 2.05) is 30.3 Å². The molecular weight excluding hydrogens is 234 g/mol. The van der Waals surface area contributed by atoms with Gasteiger partial charge < -0.3 is 5.32 Å². The number of pyridine rings is 1. The van der Waals surface area contributed by atoms with E-state index in [0.29, 0.717) is 17.3 Å². The minimum atomic E-state index is 0.615. The number of nitriles is 1. The van der Waals surface area contributed by atoms with Crippen molar-refractivity contribution in [2.75, 3.05) is 11.9 Å².